The zero-order valence-electron chi connectivity index (χ0n) is 25.7. The first-order chi connectivity index (χ1) is 21.0. The zero-order chi connectivity index (χ0) is 30.1. The van der Waals surface area contributed by atoms with Crippen molar-refractivity contribution in [1.29, 1.82) is 0 Å². The highest BCUT2D eigenvalue weighted by Crippen LogP contribution is 2.38. The number of ether oxygens (including phenoxy) is 1. The monoisotopic (exact) mass is 583 g/mol. The van der Waals surface area contributed by atoms with Crippen LogP contribution in [-0.2, 0) is 11.3 Å². The van der Waals surface area contributed by atoms with Gasteiger partial charge in [0.15, 0.2) is 0 Å². The summed E-state index contributed by atoms with van der Waals surface area (Å²) in [5, 5.41) is 0. The summed E-state index contributed by atoms with van der Waals surface area (Å²) in [6.45, 7) is 8.71. The molecule has 3 aromatic rings. The van der Waals surface area contributed by atoms with Gasteiger partial charge in [0.2, 0.25) is 5.91 Å². The summed E-state index contributed by atoms with van der Waals surface area (Å²) in [6.07, 6.45) is 10.7. The van der Waals surface area contributed by atoms with E-state index in [0.29, 0.717) is 37.6 Å². The SMILES string of the molecule is CCC(CC)C(=O)N1CCC2(CCCN(c3cnccn3)CCN(Cc3ccccc3)C(=O)c3ccccc3OC2)CC1. The Balaban J connectivity index is 1.43. The van der Waals surface area contributed by atoms with Gasteiger partial charge in [-0.2, -0.15) is 0 Å². The number of para-hydroxylation sites is 1. The average Bonchev–Trinajstić information content (AvgIpc) is 3.06. The number of carbonyl (C=O) groups excluding carboxylic acids is 2. The molecule has 0 N–H and O–H groups in total. The van der Waals surface area contributed by atoms with Gasteiger partial charge in [0.25, 0.3) is 5.91 Å². The van der Waals surface area contributed by atoms with Crippen LogP contribution >= 0.6 is 0 Å². The van der Waals surface area contributed by atoms with Crippen molar-refractivity contribution >= 4 is 17.6 Å². The average molecular weight is 584 g/mol. The molecule has 1 aromatic heterocycles. The summed E-state index contributed by atoms with van der Waals surface area (Å²) in [7, 11) is 0. The van der Waals surface area contributed by atoms with E-state index < -0.39 is 0 Å². The fourth-order valence-corrected chi connectivity index (χ4v) is 6.47. The molecule has 1 fully saturated rings. The molecular weight excluding hydrogens is 538 g/mol. The largest absolute Gasteiger partial charge is 0.492 e. The van der Waals surface area contributed by atoms with E-state index in [1.807, 2.05) is 47.4 Å². The van der Waals surface area contributed by atoms with Gasteiger partial charge in [-0.3, -0.25) is 14.6 Å². The van der Waals surface area contributed by atoms with Crippen molar-refractivity contribution in [2.45, 2.75) is 58.9 Å². The van der Waals surface area contributed by atoms with Gasteiger partial charge < -0.3 is 19.4 Å². The number of rotatable bonds is 6. The first kappa shape index (κ1) is 30.5. The third-order valence-electron chi connectivity index (χ3n) is 9.27. The lowest BCUT2D eigenvalue weighted by molar-refractivity contribution is -0.138. The van der Waals surface area contributed by atoms with Crippen LogP contribution in [0.2, 0.25) is 0 Å². The predicted octanol–water partition coefficient (Wildman–Crippen LogP) is 5.84. The molecule has 8 nitrogen and oxygen atoms in total. The molecule has 5 rings (SSSR count). The van der Waals surface area contributed by atoms with Crippen molar-refractivity contribution < 1.29 is 14.3 Å². The first-order valence-electron chi connectivity index (χ1n) is 15.9. The normalized spacial score (nSPS) is 17.9. The van der Waals surface area contributed by atoms with Crippen molar-refractivity contribution in [2.24, 2.45) is 11.3 Å². The van der Waals surface area contributed by atoms with E-state index in [1.165, 1.54) is 0 Å². The molecule has 3 heterocycles. The molecule has 0 bridgehead atoms. The molecule has 0 saturated carbocycles. The fourth-order valence-electron chi connectivity index (χ4n) is 6.47. The Bertz CT molecular complexity index is 1320. The number of piperidine rings is 1. The highest BCUT2D eigenvalue weighted by atomic mass is 16.5. The Morgan fingerprint density at radius 3 is 2.37 bits per heavy atom. The third-order valence-corrected chi connectivity index (χ3v) is 9.27. The second-order valence-corrected chi connectivity index (χ2v) is 12.0. The summed E-state index contributed by atoms with van der Waals surface area (Å²) >= 11 is 0. The maximum absolute atomic E-state index is 14.1. The molecule has 2 aromatic carbocycles. The predicted molar refractivity (Wildman–Crippen MR) is 169 cm³/mol. The standard InChI is InChI=1S/C35H45N5O3/c1-3-29(4-2)33(41)39-21-16-35(17-22-39)15-10-20-38(32-25-36-18-19-37-32)23-24-40(26-28-11-6-5-7-12-28)34(42)30-13-8-9-14-31(30)43-27-35/h5-9,11-14,18-19,25,29H,3-4,10,15-17,20-24,26-27H2,1-2H3. The highest BCUT2D eigenvalue weighted by molar-refractivity contribution is 5.97. The Kier molecular flexibility index (Phi) is 10.3. The number of nitrogens with zero attached hydrogens (tertiary/aromatic N) is 5. The lowest BCUT2D eigenvalue weighted by Gasteiger charge is -2.43. The van der Waals surface area contributed by atoms with Crippen molar-refractivity contribution in [1.82, 2.24) is 19.8 Å². The molecule has 2 aliphatic rings. The van der Waals surface area contributed by atoms with Gasteiger partial charge >= 0.3 is 0 Å². The number of aromatic nitrogens is 2. The number of hydrogen-bond donors (Lipinski definition) is 0. The quantitative estimate of drug-likeness (QED) is 0.363. The fraction of sp³-hybridized carbons (Fsp3) is 0.486. The zero-order valence-corrected chi connectivity index (χ0v) is 25.7. The molecule has 43 heavy (non-hydrogen) atoms. The second-order valence-electron chi connectivity index (χ2n) is 12.0. The number of amides is 2. The van der Waals surface area contributed by atoms with Crippen LogP contribution in [-0.4, -0.2) is 70.9 Å². The van der Waals surface area contributed by atoms with Crippen LogP contribution in [0.3, 0.4) is 0 Å². The van der Waals surface area contributed by atoms with Crippen LogP contribution < -0.4 is 9.64 Å². The van der Waals surface area contributed by atoms with E-state index in [1.54, 1.807) is 18.6 Å². The molecule has 0 atom stereocenters. The number of likely N-dealkylation sites (tertiary alicyclic amines) is 1. The van der Waals surface area contributed by atoms with Crippen molar-refractivity contribution in [2.75, 3.05) is 44.2 Å². The van der Waals surface area contributed by atoms with E-state index in [-0.39, 0.29) is 23.1 Å². The van der Waals surface area contributed by atoms with Crippen molar-refractivity contribution in [3.8, 4) is 5.75 Å². The first-order valence-corrected chi connectivity index (χ1v) is 15.9. The molecule has 2 amide bonds. The number of fused-ring (bicyclic) bond motifs is 1. The van der Waals surface area contributed by atoms with Gasteiger partial charge in [0, 0.05) is 63.0 Å². The van der Waals surface area contributed by atoms with Crippen LogP contribution in [0.5, 0.6) is 5.75 Å². The molecule has 8 heteroatoms. The molecule has 0 unspecified atom stereocenters. The van der Waals surface area contributed by atoms with Gasteiger partial charge in [-0.15, -0.1) is 0 Å². The van der Waals surface area contributed by atoms with Crippen molar-refractivity contribution in [3.63, 3.8) is 0 Å². The Labute approximate surface area is 256 Å². The van der Waals surface area contributed by atoms with Gasteiger partial charge in [0.1, 0.15) is 11.6 Å². The summed E-state index contributed by atoms with van der Waals surface area (Å²) in [4.78, 5) is 42.5. The number of anilines is 1. The minimum atomic E-state index is -0.0767. The highest BCUT2D eigenvalue weighted by Gasteiger charge is 2.38. The van der Waals surface area contributed by atoms with E-state index in [9.17, 15) is 9.59 Å². The summed E-state index contributed by atoms with van der Waals surface area (Å²) < 4.78 is 6.57. The van der Waals surface area contributed by atoms with Gasteiger partial charge in [-0.1, -0.05) is 56.3 Å². The van der Waals surface area contributed by atoms with Gasteiger partial charge in [-0.05, 0) is 56.2 Å². The number of benzene rings is 2. The maximum Gasteiger partial charge on any atom is 0.257 e. The third kappa shape index (κ3) is 7.53. The summed E-state index contributed by atoms with van der Waals surface area (Å²) in [6, 6.07) is 17.7. The molecule has 2 aliphatic heterocycles. The van der Waals surface area contributed by atoms with Gasteiger partial charge in [-0.25, -0.2) is 4.98 Å². The van der Waals surface area contributed by atoms with Gasteiger partial charge in [0.05, 0.1) is 18.4 Å². The Morgan fingerprint density at radius 2 is 1.65 bits per heavy atom. The van der Waals surface area contributed by atoms with E-state index in [4.69, 9.17) is 4.74 Å². The van der Waals surface area contributed by atoms with Crippen LogP contribution in [0.15, 0.2) is 73.2 Å². The lowest BCUT2D eigenvalue weighted by Crippen LogP contribution is -2.47. The molecule has 0 radical (unpaired) electrons. The van der Waals surface area contributed by atoms with E-state index >= 15 is 0 Å². The minimum absolute atomic E-state index is 0.0440. The molecule has 0 aliphatic carbocycles. The molecule has 228 valence electrons. The van der Waals surface area contributed by atoms with E-state index in [0.717, 1.165) is 69.5 Å². The van der Waals surface area contributed by atoms with Crippen LogP contribution in [0.1, 0.15) is 68.3 Å². The minimum Gasteiger partial charge on any atom is -0.492 e. The molecule has 1 saturated heterocycles. The number of hydrogen-bond acceptors (Lipinski definition) is 6. The molecular formula is C35H45N5O3. The van der Waals surface area contributed by atoms with Crippen LogP contribution in [0.25, 0.3) is 0 Å². The second kappa shape index (κ2) is 14.5. The summed E-state index contributed by atoms with van der Waals surface area (Å²) in [5.41, 5.74) is 1.59. The Hall–Kier alpha value is -3.94. The maximum atomic E-state index is 14.1. The van der Waals surface area contributed by atoms with Crippen molar-refractivity contribution in [3.05, 3.63) is 84.3 Å². The van der Waals surface area contributed by atoms with Crippen LogP contribution in [0.4, 0.5) is 5.82 Å². The van der Waals surface area contributed by atoms with Crippen LogP contribution in [0, 0.1) is 11.3 Å². The number of carbonyl (C=O) groups is 2. The Morgan fingerprint density at radius 1 is 0.907 bits per heavy atom. The van der Waals surface area contributed by atoms with E-state index in [2.05, 4.69) is 45.7 Å². The lowest BCUT2D eigenvalue weighted by atomic mass is 9.75. The summed E-state index contributed by atoms with van der Waals surface area (Å²) in [5.74, 6) is 1.79. The topological polar surface area (TPSA) is 78.9 Å². The molecule has 1 spiro atoms. The smallest absolute Gasteiger partial charge is 0.257 e.